The topological polar surface area (TPSA) is 46.0 Å². The summed E-state index contributed by atoms with van der Waals surface area (Å²) in [4.78, 5) is 8.00. The molecule has 11 heavy (non-hydrogen) atoms. The molecule has 1 N–H and O–H groups in total. The van der Waals surface area contributed by atoms with Crippen molar-refractivity contribution >= 4 is 11.8 Å². The van der Waals surface area contributed by atoms with Crippen LogP contribution in [-0.4, -0.2) is 21.3 Å². The average Bonchev–Trinajstić information content (AvgIpc) is 1.99. The smallest absolute Gasteiger partial charge is 0.218 e. The van der Waals surface area contributed by atoms with Crippen LogP contribution in [0.3, 0.4) is 0 Å². The van der Waals surface area contributed by atoms with E-state index in [4.69, 9.17) is 0 Å². The van der Waals surface area contributed by atoms with E-state index in [1.807, 2.05) is 13.2 Å². The fraction of sp³-hybridized carbons (Fsp3) is 0.429. The molecule has 0 spiro atoms. The zero-order chi connectivity index (χ0) is 8.43. The second-order valence-corrected chi connectivity index (χ2v) is 3.02. The quantitative estimate of drug-likeness (QED) is 0.512. The Morgan fingerprint density at radius 2 is 1.91 bits per heavy atom. The van der Waals surface area contributed by atoms with Crippen LogP contribution < -0.4 is 0 Å². The van der Waals surface area contributed by atoms with Crippen molar-refractivity contribution in [3.8, 4) is 5.88 Å². The maximum Gasteiger partial charge on any atom is 0.218 e. The lowest BCUT2D eigenvalue weighted by atomic mass is 10.3. The molecule has 0 saturated heterocycles. The molecule has 60 valence electrons. The van der Waals surface area contributed by atoms with E-state index in [1.54, 1.807) is 6.92 Å². The normalized spacial score (nSPS) is 10.1. The molecule has 0 atom stereocenters. The van der Waals surface area contributed by atoms with Crippen LogP contribution in [0.1, 0.15) is 11.3 Å². The first-order chi connectivity index (χ1) is 5.15. The summed E-state index contributed by atoms with van der Waals surface area (Å²) in [5.41, 5.74) is 1.59. The molecule has 0 unspecified atom stereocenters. The molecule has 0 bridgehead atoms. The first-order valence-electron chi connectivity index (χ1n) is 3.23. The van der Waals surface area contributed by atoms with Gasteiger partial charge in [-0.1, -0.05) is 11.8 Å². The van der Waals surface area contributed by atoms with Crippen LogP contribution in [-0.2, 0) is 0 Å². The molecule has 1 aromatic heterocycles. The van der Waals surface area contributed by atoms with Gasteiger partial charge in [-0.2, -0.15) is 4.98 Å². The maximum absolute atomic E-state index is 9.25. The van der Waals surface area contributed by atoms with E-state index in [-0.39, 0.29) is 5.88 Å². The van der Waals surface area contributed by atoms with Crippen LogP contribution in [0.4, 0.5) is 0 Å². The summed E-state index contributed by atoms with van der Waals surface area (Å²) in [7, 11) is 0. The number of aromatic hydroxyl groups is 1. The predicted molar refractivity (Wildman–Crippen MR) is 45.0 cm³/mol. The zero-order valence-corrected chi connectivity index (χ0v) is 7.57. The highest BCUT2D eigenvalue weighted by atomic mass is 32.2. The number of thioether (sulfide) groups is 1. The van der Waals surface area contributed by atoms with Gasteiger partial charge < -0.3 is 5.11 Å². The number of nitrogens with zero attached hydrogens (tertiary/aromatic N) is 2. The van der Waals surface area contributed by atoms with Gasteiger partial charge in [0.15, 0.2) is 5.16 Å². The van der Waals surface area contributed by atoms with Crippen LogP contribution >= 0.6 is 11.8 Å². The molecule has 3 nitrogen and oxygen atoms in total. The fourth-order valence-corrected chi connectivity index (χ4v) is 1.09. The third-order valence-electron chi connectivity index (χ3n) is 1.53. The largest absolute Gasteiger partial charge is 0.493 e. The van der Waals surface area contributed by atoms with Crippen molar-refractivity contribution in [1.82, 2.24) is 9.97 Å². The third-order valence-corrected chi connectivity index (χ3v) is 2.07. The van der Waals surface area contributed by atoms with Crippen molar-refractivity contribution in [2.75, 3.05) is 6.26 Å². The first-order valence-corrected chi connectivity index (χ1v) is 4.46. The Morgan fingerprint density at radius 3 is 2.36 bits per heavy atom. The first kappa shape index (κ1) is 8.33. The molecular weight excluding hydrogens is 160 g/mol. The monoisotopic (exact) mass is 170 g/mol. The van der Waals surface area contributed by atoms with Gasteiger partial charge in [0.25, 0.3) is 0 Å². The number of aromatic nitrogens is 2. The van der Waals surface area contributed by atoms with Gasteiger partial charge in [-0.05, 0) is 20.1 Å². The van der Waals surface area contributed by atoms with Crippen molar-refractivity contribution in [2.24, 2.45) is 0 Å². The van der Waals surface area contributed by atoms with E-state index in [0.29, 0.717) is 5.16 Å². The van der Waals surface area contributed by atoms with E-state index < -0.39 is 0 Å². The second kappa shape index (κ2) is 3.09. The van der Waals surface area contributed by atoms with Gasteiger partial charge in [0, 0.05) is 11.3 Å². The number of rotatable bonds is 1. The lowest BCUT2D eigenvalue weighted by Crippen LogP contribution is -1.93. The Labute approximate surface area is 69.9 Å². The molecule has 0 aliphatic carbocycles. The Morgan fingerprint density at radius 1 is 1.27 bits per heavy atom. The second-order valence-electron chi connectivity index (χ2n) is 2.24. The van der Waals surface area contributed by atoms with E-state index in [9.17, 15) is 5.11 Å². The van der Waals surface area contributed by atoms with Crippen LogP contribution in [0.15, 0.2) is 5.16 Å². The van der Waals surface area contributed by atoms with Gasteiger partial charge >= 0.3 is 0 Å². The van der Waals surface area contributed by atoms with Gasteiger partial charge in [-0.15, -0.1) is 0 Å². The lowest BCUT2D eigenvalue weighted by molar-refractivity contribution is 0.439. The number of aryl methyl sites for hydroxylation is 1. The summed E-state index contributed by atoms with van der Waals surface area (Å²) in [6.45, 7) is 3.66. The Kier molecular flexibility index (Phi) is 2.34. The zero-order valence-electron chi connectivity index (χ0n) is 6.75. The molecule has 0 fully saturated rings. The summed E-state index contributed by atoms with van der Waals surface area (Å²) < 4.78 is 0. The van der Waals surface area contributed by atoms with Crippen LogP contribution in [0, 0.1) is 13.8 Å². The minimum Gasteiger partial charge on any atom is -0.493 e. The van der Waals surface area contributed by atoms with Gasteiger partial charge in [0.05, 0.1) is 0 Å². The third kappa shape index (κ3) is 1.63. The van der Waals surface area contributed by atoms with Gasteiger partial charge in [0.2, 0.25) is 5.88 Å². The molecular formula is C7H10N2OS. The van der Waals surface area contributed by atoms with Gasteiger partial charge in [0.1, 0.15) is 0 Å². The molecule has 0 aliphatic rings. The number of hydrogen-bond donors (Lipinski definition) is 1. The lowest BCUT2D eigenvalue weighted by Gasteiger charge is -2.02. The Balaban J connectivity index is 3.21. The Bertz CT molecular complexity index is 252. The fourth-order valence-electron chi connectivity index (χ4n) is 0.680. The Hall–Kier alpha value is -0.770. The number of hydrogen-bond acceptors (Lipinski definition) is 4. The molecule has 0 amide bonds. The molecule has 1 rings (SSSR count). The van der Waals surface area contributed by atoms with Crippen molar-refractivity contribution in [1.29, 1.82) is 0 Å². The molecule has 0 saturated carbocycles. The highest BCUT2D eigenvalue weighted by Gasteiger charge is 2.04. The molecule has 0 aliphatic heterocycles. The summed E-state index contributed by atoms with van der Waals surface area (Å²) in [5, 5.41) is 9.86. The predicted octanol–water partition coefficient (Wildman–Crippen LogP) is 1.52. The molecule has 1 aromatic rings. The molecule has 0 radical (unpaired) electrons. The highest BCUT2D eigenvalue weighted by molar-refractivity contribution is 7.98. The van der Waals surface area contributed by atoms with Crippen molar-refractivity contribution in [3.63, 3.8) is 0 Å². The van der Waals surface area contributed by atoms with Crippen molar-refractivity contribution < 1.29 is 5.11 Å². The van der Waals surface area contributed by atoms with Crippen molar-refractivity contribution in [2.45, 2.75) is 19.0 Å². The minimum atomic E-state index is 0.0850. The van der Waals surface area contributed by atoms with E-state index in [2.05, 4.69) is 9.97 Å². The molecule has 4 heteroatoms. The standard InChI is InChI=1S/C7H10N2OS/c1-4-5(2)8-7(11-3)9-6(4)10/h1-3H3,(H,8,9,10). The summed E-state index contributed by atoms with van der Waals surface area (Å²) in [6.07, 6.45) is 1.88. The summed E-state index contributed by atoms with van der Waals surface area (Å²) in [5.74, 6) is 0.0850. The van der Waals surface area contributed by atoms with E-state index in [1.165, 1.54) is 11.8 Å². The van der Waals surface area contributed by atoms with Crippen LogP contribution in [0.25, 0.3) is 0 Å². The minimum absolute atomic E-state index is 0.0850. The summed E-state index contributed by atoms with van der Waals surface area (Å²) >= 11 is 1.42. The van der Waals surface area contributed by atoms with Gasteiger partial charge in [-0.25, -0.2) is 4.98 Å². The highest BCUT2D eigenvalue weighted by Crippen LogP contribution is 2.19. The van der Waals surface area contributed by atoms with Crippen LogP contribution in [0.5, 0.6) is 5.88 Å². The maximum atomic E-state index is 9.25. The molecule has 1 heterocycles. The molecule has 0 aromatic carbocycles. The van der Waals surface area contributed by atoms with Gasteiger partial charge in [-0.3, -0.25) is 0 Å². The van der Waals surface area contributed by atoms with E-state index >= 15 is 0 Å². The van der Waals surface area contributed by atoms with Crippen molar-refractivity contribution in [3.05, 3.63) is 11.3 Å². The summed E-state index contributed by atoms with van der Waals surface area (Å²) in [6, 6.07) is 0. The SMILES string of the molecule is CSc1nc(C)c(C)c(O)n1. The van der Waals surface area contributed by atoms with Crippen LogP contribution in [0.2, 0.25) is 0 Å². The average molecular weight is 170 g/mol. The van der Waals surface area contributed by atoms with E-state index in [0.717, 1.165) is 11.3 Å².